The van der Waals surface area contributed by atoms with Gasteiger partial charge in [-0.15, -0.1) is 0 Å². The maximum atomic E-state index is 11.9. The highest BCUT2D eigenvalue weighted by atomic mass is 32.2. The van der Waals surface area contributed by atoms with E-state index in [1.165, 1.54) is 7.11 Å². The molecule has 132 valence electrons. The third kappa shape index (κ3) is 4.68. The van der Waals surface area contributed by atoms with Gasteiger partial charge in [-0.05, 0) is 12.0 Å². The van der Waals surface area contributed by atoms with Crippen LogP contribution in [0.4, 0.5) is 4.79 Å². The Hall–Kier alpha value is -2.13. The molecule has 1 N–H and O–H groups in total. The molecule has 9 heteroatoms. The summed E-state index contributed by atoms with van der Waals surface area (Å²) in [5.41, 5.74) is -0.514. The molecule has 1 aliphatic rings. The number of benzene rings is 1. The van der Waals surface area contributed by atoms with Gasteiger partial charge in [-0.2, -0.15) is 8.42 Å². The minimum Gasteiger partial charge on any atom is -0.467 e. The van der Waals surface area contributed by atoms with Crippen LogP contribution >= 0.6 is 0 Å². The van der Waals surface area contributed by atoms with Crippen LogP contribution < -0.4 is 5.32 Å². The van der Waals surface area contributed by atoms with Gasteiger partial charge in [0.2, 0.25) is 0 Å². The summed E-state index contributed by atoms with van der Waals surface area (Å²) in [4.78, 5) is 23.9. The molecule has 0 bridgehead atoms. The second-order valence-corrected chi connectivity index (χ2v) is 7.18. The quantitative estimate of drug-likeness (QED) is 0.568. The zero-order valence-corrected chi connectivity index (χ0v) is 14.2. The molecule has 0 heterocycles. The van der Waals surface area contributed by atoms with Gasteiger partial charge < -0.3 is 14.8 Å². The molecule has 8 nitrogen and oxygen atoms in total. The van der Waals surface area contributed by atoms with Crippen molar-refractivity contribution in [3.8, 4) is 0 Å². The Morgan fingerprint density at radius 2 is 1.96 bits per heavy atom. The van der Waals surface area contributed by atoms with E-state index in [2.05, 4.69) is 14.2 Å². The molecule has 1 fully saturated rings. The molecule has 2 atom stereocenters. The summed E-state index contributed by atoms with van der Waals surface area (Å²) in [6, 6.07) is 9.05. The number of hydrogen-bond donors (Lipinski definition) is 1. The zero-order valence-electron chi connectivity index (χ0n) is 13.4. The van der Waals surface area contributed by atoms with Crippen molar-refractivity contribution in [2.75, 3.05) is 20.0 Å². The predicted molar refractivity (Wildman–Crippen MR) is 83.4 cm³/mol. The molecule has 1 amide bonds. The molecular weight excluding hydrogens is 338 g/mol. The van der Waals surface area contributed by atoms with E-state index in [0.29, 0.717) is 0 Å². The van der Waals surface area contributed by atoms with E-state index in [1.54, 1.807) is 12.1 Å². The second-order valence-electron chi connectivity index (χ2n) is 5.54. The summed E-state index contributed by atoms with van der Waals surface area (Å²) in [7, 11) is -2.44. The minimum absolute atomic E-state index is 0.0500. The van der Waals surface area contributed by atoms with Crippen LogP contribution in [0.3, 0.4) is 0 Å². The Bertz CT molecular complexity index is 704. The highest BCUT2D eigenvalue weighted by Crippen LogP contribution is 2.45. The van der Waals surface area contributed by atoms with Crippen LogP contribution in [0.5, 0.6) is 0 Å². The van der Waals surface area contributed by atoms with Gasteiger partial charge >= 0.3 is 12.1 Å². The Kier molecular flexibility index (Phi) is 5.45. The first kappa shape index (κ1) is 18.2. The Balaban J connectivity index is 1.92. The van der Waals surface area contributed by atoms with Crippen LogP contribution in [-0.2, 0) is 35.2 Å². The van der Waals surface area contributed by atoms with Crippen molar-refractivity contribution >= 4 is 22.2 Å². The molecule has 1 aromatic rings. The van der Waals surface area contributed by atoms with E-state index in [-0.39, 0.29) is 19.6 Å². The first-order chi connectivity index (χ1) is 11.3. The monoisotopic (exact) mass is 357 g/mol. The molecule has 24 heavy (non-hydrogen) atoms. The summed E-state index contributed by atoms with van der Waals surface area (Å²) < 4.78 is 36.5. The van der Waals surface area contributed by atoms with Gasteiger partial charge in [-0.25, -0.2) is 9.59 Å². The number of alkyl carbamates (subject to hydrolysis) is 1. The van der Waals surface area contributed by atoms with E-state index in [4.69, 9.17) is 4.74 Å². The maximum Gasteiger partial charge on any atom is 0.408 e. The molecule has 0 unspecified atom stereocenters. The fraction of sp³-hybridized carbons (Fsp3) is 0.467. The van der Waals surface area contributed by atoms with Crippen LogP contribution in [0.25, 0.3) is 0 Å². The Morgan fingerprint density at radius 1 is 1.29 bits per heavy atom. The van der Waals surface area contributed by atoms with Crippen LogP contribution in [0, 0.1) is 5.92 Å². The summed E-state index contributed by atoms with van der Waals surface area (Å²) in [5.74, 6) is -1.16. The van der Waals surface area contributed by atoms with Crippen LogP contribution in [0.1, 0.15) is 12.0 Å². The molecule has 0 aromatic heterocycles. The number of rotatable bonds is 7. The fourth-order valence-electron chi connectivity index (χ4n) is 2.31. The van der Waals surface area contributed by atoms with E-state index in [1.807, 2.05) is 18.2 Å². The standard InChI is InChI=1S/C15H19NO7S/c1-21-13(17)15(8-12(15)10-23-24(2,19)20)16-14(18)22-9-11-6-4-3-5-7-11/h3-7,12H,8-10H2,1-2H3,(H,16,18)/t12-,15-/m0/s1. The van der Waals surface area contributed by atoms with Crippen molar-refractivity contribution in [1.82, 2.24) is 5.32 Å². The largest absolute Gasteiger partial charge is 0.467 e. The Morgan fingerprint density at radius 3 is 2.54 bits per heavy atom. The molecule has 0 radical (unpaired) electrons. The van der Waals surface area contributed by atoms with Crippen molar-refractivity contribution in [3.63, 3.8) is 0 Å². The lowest BCUT2D eigenvalue weighted by atomic mass is 10.2. The van der Waals surface area contributed by atoms with E-state index >= 15 is 0 Å². The number of hydrogen-bond acceptors (Lipinski definition) is 7. The lowest BCUT2D eigenvalue weighted by molar-refractivity contribution is -0.144. The third-order valence-electron chi connectivity index (χ3n) is 3.68. The number of nitrogens with one attached hydrogen (secondary N) is 1. The number of amides is 1. The highest BCUT2D eigenvalue weighted by molar-refractivity contribution is 7.85. The van der Waals surface area contributed by atoms with E-state index < -0.39 is 33.6 Å². The van der Waals surface area contributed by atoms with Gasteiger partial charge in [0, 0.05) is 5.92 Å². The summed E-state index contributed by atoms with van der Waals surface area (Å²) in [6.07, 6.45) is 0.345. The Labute approximate surface area is 140 Å². The van der Waals surface area contributed by atoms with Gasteiger partial charge in [-0.1, -0.05) is 30.3 Å². The number of carbonyl (C=O) groups is 2. The topological polar surface area (TPSA) is 108 Å². The van der Waals surface area contributed by atoms with Crippen molar-refractivity contribution in [2.24, 2.45) is 5.92 Å². The molecule has 0 aliphatic heterocycles. The SMILES string of the molecule is COC(=O)[C@]1(NC(=O)OCc2ccccc2)C[C@H]1COS(C)(=O)=O. The molecule has 1 aliphatic carbocycles. The first-order valence-corrected chi connectivity index (χ1v) is 9.00. The molecule has 2 rings (SSSR count). The summed E-state index contributed by atoms with van der Waals surface area (Å²) in [5, 5.41) is 2.46. The number of methoxy groups -OCH3 is 1. The predicted octanol–water partition coefficient (Wildman–Crippen LogP) is 0.821. The molecular formula is C15H19NO7S. The van der Waals surface area contributed by atoms with E-state index in [0.717, 1.165) is 11.8 Å². The lowest BCUT2D eigenvalue weighted by Crippen LogP contribution is -2.46. The molecule has 0 spiro atoms. The van der Waals surface area contributed by atoms with Crippen LogP contribution in [0.2, 0.25) is 0 Å². The normalized spacial score (nSPS) is 22.5. The van der Waals surface area contributed by atoms with E-state index in [9.17, 15) is 18.0 Å². The van der Waals surface area contributed by atoms with Crippen molar-refractivity contribution in [2.45, 2.75) is 18.6 Å². The second kappa shape index (κ2) is 7.18. The lowest BCUT2D eigenvalue weighted by Gasteiger charge is -2.17. The smallest absolute Gasteiger partial charge is 0.408 e. The third-order valence-corrected chi connectivity index (χ3v) is 4.24. The maximum absolute atomic E-state index is 11.9. The van der Waals surface area contributed by atoms with Crippen molar-refractivity contribution in [1.29, 1.82) is 0 Å². The molecule has 0 saturated heterocycles. The van der Waals surface area contributed by atoms with Gasteiger partial charge in [-0.3, -0.25) is 4.18 Å². The summed E-state index contributed by atoms with van der Waals surface area (Å²) in [6.45, 7) is -0.165. The van der Waals surface area contributed by atoms with Gasteiger partial charge in [0.15, 0.2) is 0 Å². The molecule has 1 aromatic carbocycles. The highest BCUT2D eigenvalue weighted by Gasteiger charge is 2.63. The van der Waals surface area contributed by atoms with Crippen LogP contribution in [-0.4, -0.2) is 46.0 Å². The van der Waals surface area contributed by atoms with Gasteiger partial charge in [0.1, 0.15) is 12.1 Å². The van der Waals surface area contributed by atoms with Crippen molar-refractivity contribution in [3.05, 3.63) is 35.9 Å². The average Bonchev–Trinajstić information content (AvgIpc) is 3.24. The zero-order chi connectivity index (χ0) is 17.8. The first-order valence-electron chi connectivity index (χ1n) is 7.18. The number of ether oxygens (including phenoxy) is 2. The van der Waals surface area contributed by atoms with Crippen LogP contribution in [0.15, 0.2) is 30.3 Å². The van der Waals surface area contributed by atoms with Gasteiger partial charge in [0.25, 0.3) is 10.1 Å². The number of esters is 1. The van der Waals surface area contributed by atoms with Crippen molar-refractivity contribution < 1.29 is 31.7 Å². The summed E-state index contributed by atoms with van der Waals surface area (Å²) >= 11 is 0. The fourth-order valence-corrected chi connectivity index (χ4v) is 2.73. The average molecular weight is 357 g/mol. The number of carbonyl (C=O) groups excluding carboxylic acids is 2. The van der Waals surface area contributed by atoms with Gasteiger partial charge in [0.05, 0.1) is 20.0 Å². The minimum atomic E-state index is -3.63. The molecule has 1 saturated carbocycles.